The summed E-state index contributed by atoms with van der Waals surface area (Å²) in [7, 11) is 0. The number of rotatable bonds is 3. The van der Waals surface area contributed by atoms with Crippen LogP contribution in [0, 0.1) is 0 Å². The zero-order valence-corrected chi connectivity index (χ0v) is 13.8. The highest BCUT2D eigenvalue weighted by Crippen LogP contribution is 2.20. The minimum Gasteiger partial charge on any atom is -0.508 e. The van der Waals surface area contributed by atoms with Crippen molar-refractivity contribution in [1.82, 2.24) is 4.57 Å². The highest BCUT2D eigenvalue weighted by Gasteiger charge is 2.12. The molecule has 0 aliphatic rings. The average Bonchev–Trinajstić information content (AvgIpc) is 2.67. The Morgan fingerprint density at radius 3 is 1.96 bits per heavy atom. The van der Waals surface area contributed by atoms with E-state index in [2.05, 4.69) is 5.32 Å². The van der Waals surface area contributed by atoms with Crippen LogP contribution in [0.25, 0.3) is 21.8 Å². The van der Waals surface area contributed by atoms with Crippen molar-refractivity contribution < 1.29 is 9.90 Å². The lowest BCUT2D eigenvalue weighted by molar-refractivity contribution is -0.116. The number of carbonyl (C=O) groups excluding carboxylic acids is 1. The fourth-order valence-corrected chi connectivity index (χ4v) is 3.14. The smallest absolute Gasteiger partial charge is 0.244 e. The molecule has 3 aromatic carbocycles. The van der Waals surface area contributed by atoms with Gasteiger partial charge in [-0.25, -0.2) is 0 Å². The number of para-hydroxylation sites is 2. The Morgan fingerprint density at radius 1 is 0.846 bits per heavy atom. The SMILES string of the molecule is O=C(Cn1c2ccccc2c(=O)c2ccccc21)Nc1ccc(O)cc1. The van der Waals surface area contributed by atoms with Gasteiger partial charge in [0.2, 0.25) is 5.91 Å². The predicted molar refractivity (Wildman–Crippen MR) is 102 cm³/mol. The molecule has 1 aromatic heterocycles. The highest BCUT2D eigenvalue weighted by atomic mass is 16.3. The van der Waals surface area contributed by atoms with Crippen LogP contribution < -0.4 is 10.7 Å². The largest absolute Gasteiger partial charge is 0.508 e. The van der Waals surface area contributed by atoms with Crippen molar-refractivity contribution in [3.63, 3.8) is 0 Å². The summed E-state index contributed by atoms with van der Waals surface area (Å²) in [6.45, 7) is 0.0716. The monoisotopic (exact) mass is 344 g/mol. The summed E-state index contributed by atoms with van der Waals surface area (Å²) < 4.78 is 1.85. The molecule has 0 aliphatic carbocycles. The second-order valence-corrected chi connectivity index (χ2v) is 6.04. The molecule has 4 rings (SSSR count). The van der Waals surface area contributed by atoms with E-state index in [0.717, 1.165) is 11.0 Å². The summed E-state index contributed by atoms with van der Waals surface area (Å²) in [5, 5.41) is 13.3. The zero-order chi connectivity index (χ0) is 18.1. The van der Waals surface area contributed by atoms with Crippen LogP contribution in [0.5, 0.6) is 5.75 Å². The number of phenolic OH excluding ortho intramolecular Hbond substituents is 1. The number of aromatic nitrogens is 1. The summed E-state index contributed by atoms with van der Waals surface area (Å²) in [5.41, 5.74) is 2.00. The van der Waals surface area contributed by atoms with Gasteiger partial charge in [0.05, 0.1) is 11.0 Å². The first-order valence-corrected chi connectivity index (χ1v) is 8.22. The Kier molecular flexibility index (Phi) is 3.89. The molecule has 1 heterocycles. The Bertz CT molecular complexity index is 1120. The third-order valence-electron chi connectivity index (χ3n) is 4.33. The number of benzene rings is 3. The molecule has 0 atom stereocenters. The first-order chi connectivity index (χ1) is 12.6. The van der Waals surface area contributed by atoms with Crippen LogP contribution in [-0.4, -0.2) is 15.6 Å². The van der Waals surface area contributed by atoms with Gasteiger partial charge in [0.15, 0.2) is 5.43 Å². The van der Waals surface area contributed by atoms with Gasteiger partial charge in [-0.3, -0.25) is 9.59 Å². The molecular formula is C21H16N2O3. The van der Waals surface area contributed by atoms with Gasteiger partial charge in [-0.2, -0.15) is 0 Å². The fourth-order valence-electron chi connectivity index (χ4n) is 3.14. The van der Waals surface area contributed by atoms with E-state index in [1.807, 2.05) is 41.0 Å². The molecule has 26 heavy (non-hydrogen) atoms. The number of anilines is 1. The van der Waals surface area contributed by atoms with Gasteiger partial charge in [0, 0.05) is 16.5 Å². The molecule has 5 heteroatoms. The number of carbonyl (C=O) groups is 1. The number of phenols is 1. The molecule has 5 nitrogen and oxygen atoms in total. The molecule has 0 saturated heterocycles. The summed E-state index contributed by atoms with van der Waals surface area (Å²) in [5.74, 6) is -0.0740. The maximum atomic E-state index is 12.7. The first-order valence-electron chi connectivity index (χ1n) is 8.22. The maximum absolute atomic E-state index is 12.7. The summed E-state index contributed by atoms with van der Waals surface area (Å²) in [6, 6.07) is 20.9. The quantitative estimate of drug-likeness (QED) is 0.441. The molecular weight excluding hydrogens is 328 g/mol. The Morgan fingerprint density at radius 2 is 1.38 bits per heavy atom. The Labute approximate surface area is 149 Å². The van der Waals surface area contributed by atoms with Crippen molar-refractivity contribution in [2.24, 2.45) is 0 Å². The number of pyridine rings is 1. The van der Waals surface area contributed by atoms with E-state index >= 15 is 0 Å². The second-order valence-electron chi connectivity index (χ2n) is 6.04. The molecule has 0 radical (unpaired) electrons. The fraction of sp³-hybridized carbons (Fsp3) is 0.0476. The van der Waals surface area contributed by atoms with Crippen LogP contribution in [0.4, 0.5) is 5.69 Å². The molecule has 0 saturated carbocycles. The number of hydrogen-bond acceptors (Lipinski definition) is 3. The lowest BCUT2D eigenvalue weighted by Gasteiger charge is -2.15. The highest BCUT2D eigenvalue weighted by molar-refractivity contribution is 5.97. The summed E-state index contributed by atoms with van der Waals surface area (Å²) in [6.07, 6.45) is 0. The van der Waals surface area contributed by atoms with E-state index in [0.29, 0.717) is 16.5 Å². The lowest BCUT2D eigenvalue weighted by atomic mass is 10.1. The third kappa shape index (κ3) is 2.80. The predicted octanol–water partition coefficient (Wildman–Crippen LogP) is 3.50. The van der Waals surface area contributed by atoms with Crippen molar-refractivity contribution >= 4 is 33.4 Å². The van der Waals surface area contributed by atoms with Gasteiger partial charge < -0.3 is 15.0 Å². The first kappa shape index (κ1) is 15.9. The molecule has 2 N–H and O–H groups in total. The standard InChI is InChI=1S/C21H16N2O3/c24-15-11-9-14(10-12-15)22-20(25)13-23-18-7-3-1-5-16(18)21(26)17-6-2-4-8-19(17)23/h1-12,24H,13H2,(H,22,25). The number of nitrogens with one attached hydrogen (secondary N) is 1. The van der Waals surface area contributed by atoms with E-state index < -0.39 is 0 Å². The Balaban J connectivity index is 1.79. The minimum absolute atomic E-state index is 0.0357. The van der Waals surface area contributed by atoms with Gasteiger partial charge in [-0.05, 0) is 48.5 Å². The van der Waals surface area contributed by atoms with Gasteiger partial charge in [0.1, 0.15) is 12.3 Å². The number of aromatic hydroxyl groups is 1. The van der Waals surface area contributed by atoms with E-state index in [1.165, 1.54) is 12.1 Å². The van der Waals surface area contributed by atoms with E-state index in [-0.39, 0.29) is 23.6 Å². The van der Waals surface area contributed by atoms with Crippen molar-refractivity contribution in [3.05, 3.63) is 83.0 Å². The maximum Gasteiger partial charge on any atom is 0.244 e. The number of fused-ring (bicyclic) bond motifs is 2. The van der Waals surface area contributed by atoms with E-state index in [1.54, 1.807) is 24.3 Å². The van der Waals surface area contributed by atoms with Crippen molar-refractivity contribution in [1.29, 1.82) is 0 Å². The summed E-state index contributed by atoms with van der Waals surface area (Å²) >= 11 is 0. The molecule has 128 valence electrons. The molecule has 1 amide bonds. The molecule has 0 aliphatic heterocycles. The topological polar surface area (TPSA) is 71.3 Å². The third-order valence-corrected chi connectivity index (χ3v) is 4.33. The van der Waals surface area contributed by atoms with Crippen molar-refractivity contribution in [3.8, 4) is 5.75 Å². The molecule has 0 fully saturated rings. The second kappa shape index (κ2) is 6.37. The van der Waals surface area contributed by atoms with Crippen LogP contribution in [0.1, 0.15) is 0 Å². The normalized spacial score (nSPS) is 10.9. The van der Waals surface area contributed by atoms with Crippen LogP contribution in [-0.2, 0) is 11.3 Å². The van der Waals surface area contributed by atoms with Crippen LogP contribution in [0.2, 0.25) is 0 Å². The van der Waals surface area contributed by atoms with Crippen molar-refractivity contribution in [2.45, 2.75) is 6.54 Å². The van der Waals surface area contributed by atoms with Gasteiger partial charge in [-0.15, -0.1) is 0 Å². The number of hydrogen-bond donors (Lipinski definition) is 2. The van der Waals surface area contributed by atoms with Crippen LogP contribution in [0.3, 0.4) is 0 Å². The minimum atomic E-state index is -0.213. The van der Waals surface area contributed by atoms with Crippen LogP contribution in [0.15, 0.2) is 77.6 Å². The zero-order valence-electron chi connectivity index (χ0n) is 13.8. The van der Waals surface area contributed by atoms with E-state index in [9.17, 15) is 14.7 Å². The average molecular weight is 344 g/mol. The van der Waals surface area contributed by atoms with Crippen molar-refractivity contribution in [2.75, 3.05) is 5.32 Å². The van der Waals surface area contributed by atoms with Gasteiger partial charge >= 0.3 is 0 Å². The lowest BCUT2D eigenvalue weighted by Crippen LogP contribution is -2.21. The summed E-state index contributed by atoms with van der Waals surface area (Å²) in [4.78, 5) is 25.3. The molecule has 4 aromatic rings. The number of amides is 1. The van der Waals surface area contributed by atoms with E-state index in [4.69, 9.17) is 0 Å². The molecule has 0 unspecified atom stereocenters. The number of nitrogens with zero attached hydrogens (tertiary/aromatic N) is 1. The van der Waals surface area contributed by atoms with Crippen LogP contribution >= 0.6 is 0 Å². The van der Waals surface area contributed by atoms with Gasteiger partial charge in [-0.1, -0.05) is 24.3 Å². The van der Waals surface area contributed by atoms with Gasteiger partial charge in [0.25, 0.3) is 0 Å². The molecule has 0 bridgehead atoms. The Hall–Kier alpha value is -3.60. The molecule has 0 spiro atoms.